The maximum Gasteiger partial charge on any atom is 0.244 e. The van der Waals surface area contributed by atoms with Gasteiger partial charge >= 0.3 is 0 Å². The molecule has 3 rings (SSSR count). The lowest BCUT2D eigenvalue weighted by Gasteiger charge is -2.05. The van der Waals surface area contributed by atoms with Gasteiger partial charge in [0.25, 0.3) is 0 Å². The first-order valence-electron chi connectivity index (χ1n) is 8.48. The minimum Gasteiger partial charge on any atom is -0.345 e. The summed E-state index contributed by atoms with van der Waals surface area (Å²) in [4.78, 5) is 11.9. The molecule has 0 unspecified atom stereocenters. The second-order valence-corrected chi connectivity index (χ2v) is 6.92. The molecule has 0 aliphatic rings. The van der Waals surface area contributed by atoms with Gasteiger partial charge in [-0.15, -0.1) is 10.2 Å². The van der Waals surface area contributed by atoms with Crippen LogP contribution in [0, 0.1) is 11.6 Å². The molecule has 1 heterocycles. The minimum absolute atomic E-state index is 0.215. The number of carbonyl (C=O) groups is 1. The van der Waals surface area contributed by atoms with E-state index in [0.717, 1.165) is 5.56 Å². The summed E-state index contributed by atoms with van der Waals surface area (Å²) in [5.41, 5.74) is 1.58. The highest BCUT2D eigenvalue weighted by Gasteiger charge is 2.10. The molecule has 1 aromatic heterocycles. The molecule has 0 saturated heterocycles. The summed E-state index contributed by atoms with van der Waals surface area (Å²) < 4.78 is 27.9. The molecule has 2 aromatic carbocycles. The molecule has 28 heavy (non-hydrogen) atoms. The van der Waals surface area contributed by atoms with Gasteiger partial charge in [0.1, 0.15) is 11.6 Å². The van der Waals surface area contributed by atoms with Crippen LogP contribution in [0.5, 0.6) is 0 Å². The Kier molecular flexibility index (Phi) is 6.54. The molecule has 0 radical (unpaired) electrons. The number of aromatic nitrogens is 3. The molecule has 0 saturated carbocycles. The summed E-state index contributed by atoms with van der Waals surface area (Å²) in [6, 6.07) is 12.3. The van der Waals surface area contributed by atoms with Crippen LogP contribution >= 0.6 is 11.8 Å². The molecule has 0 aliphatic heterocycles. The predicted molar refractivity (Wildman–Crippen MR) is 104 cm³/mol. The zero-order valence-electron chi connectivity index (χ0n) is 15.1. The normalized spacial score (nSPS) is 11.1. The number of nitrogens with zero attached hydrogens (tertiary/aromatic N) is 3. The van der Waals surface area contributed by atoms with Crippen molar-refractivity contribution in [2.75, 3.05) is 0 Å². The molecule has 1 N–H and O–H groups in total. The Balaban J connectivity index is 1.52. The van der Waals surface area contributed by atoms with Gasteiger partial charge in [-0.1, -0.05) is 36.0 Å². The number of hydrogen-bond donors (Lipinski definition) is 1. The highest BCUT2D eigenvalue weighted by atomic mass is 32.2. The lowest BCUT2D eigenvalue weighted by atomic mass is 10.2. The van der Waals surface area contributed by atoms with Crippen LogP contribution in [0.2, 0.25) is 0 Å². The second-order valence-electron chi connectivity index (χ2n) is 5.98. The molecule has 144 valence electrons. The first-order chi connectivity index (χ1) is 13.5. The van der Waals surface area contributed by atoms with Crippen molar-refractivity contribution >= 4 is 23.7 Å². The number of rotatable bonds is 7. The maximum absolute atomic E-state index is 13.1. The molecule has 5 nitrogen and oxygen atoms in total. The highest BCUT2D eigenvalue weighted by Crippen LogP contribution is 2.21. The van der Waals surface area contributed by atoms with Gasteiger partial charge in [0.05, 0.1) is 6.54 Å². The fourth-order valence-corrected chi connectivity index (χ4v) is 3.25. The Bertz CT molecular complexity index is 986. The van der Waals surface area contributed by atoms with Crippen molar-refractivity contribution in [2.24, 2.45) is 7.05 Å². The average Bonchev–Trinajstić information content (AvgIpc) is 3.04. The summed E-state index contributed by atoms with van der Waals surface area (Å²) in [5.74, 6) is 0.306. The van der Waals surface area contributed by atoms with Crippen LogP contribution < -0.4 is 5.32 Å². The SMILES string of the molecule is Cn1c(CNC(=O)/C=C/c2cccc(F)c2)nnc1SCc1ccc(F)cc1. The van der Waals surface area contributed by atoms with Crippen LogP contribution in [0.25, 0.3) is 6.08 Å². The number of benzene rings is 2. The Labute approximate surface area is 165 Å². The Morgan fingerprint density at radius 3 is 2.68 bits per heavy atom. The van der Waals surface area contributed by atoms with E-state index in [1.54, 1.807) is 34.9 Å². The van der Waals surface area contributed by atoms with Crippen LogP contribution in [0.1, 0.15) is 17.0 Å². The molecule has 0 atom stereocenters. The van der Waals surface area contributed by atoms with Crippen molar-refractivity contribution in [2.45, 2.75) is 17.5 Å². The van der Waals surface area contributed by atoms with E-state index >= 15 is 0 Å². The number of halogens is 2. The van der Waals surface area contributed by atoms with Crippen LogP contribution in [0.4, 0.5) is 8.78 Å². The molecular weight excluding hydrogens is 382 g/mol. The van der Waals surface area contributed by atoms with Gasteiger partial charge in [-0.05, 0) is 41.5 Å². The Hall–Kier alpha value is -3.00. The lowest BCUT2D eigenvalue weighted by Crippen LogP contribution is -2.22. The molecule has 0 fully saturated rings. The van der Waals surface area contributed by atoms with E-state index in [-0.39, 0.29) is 24.1 Å². The van der Waals surface area contributed by atoms with E-state index in [9.17, 15) is 13.6 Å². The summed E-state index contributed by atoms with van der Waals surface area (Å²) >= 11 is 1.47. The predicted octanol–water partition coefficient (Wildman–Crippen LogP) is 3.72. The quantitative estimate of drug-likeness (QED) is 0.485. The average molecular weight is 400 g/mol. The van der Waals surface area contributed by atoms with Gasteiger partial charge in [-0.2, -0.15) is 0 Å². The van der Waals surface area contributed by atoms with Gasteiger partial charge in [-0.3, -0.25) is 4.79 Å². The third-order valence-corrected chi connectivity index (χ3v) is 4.99. The van der Waals surface area contributed by atoms with Crippen molar-refractivity contribution in [3.63, 3.8) is 0 Å². The van der Waals surface area contributed by atoms with Gasteiger partial charge in [-0.25, -0.2) is 8.78 Å². The Morgan fingerprint density at radius 2 is 1.93 bits per heavy atom. The van der Waals surface area contributed by atoms with Crippen molar-refractivity contribution in [1.29, 1.82) is 0 Å². The van der Waals surface area contributed by atoms with Gasteiger partial charge in [0, 0.05) is 18.9 Å². The highest BCUT2D eigenvalue weighted by molar-refractivity contribution is 7.98. The standard InChI is InChI=1S/C20H18F2N4OS/c1-26-18(12-23-19(27)10-7-14-3-2-4-17(22)11-14)24-25-20(26)28-13-15-5-8-16(21)9-6-15/h2-11H,12-13H2,1H3,(H,23,27)/b10-7+. The van der Waals surface area contributed by atoms with Crippen LogP contribution in [-0.2, 0) is 24.1 Å². The Morgan fingerprint density at radius 1 is 1.14 bits per heavy atom. The van der Waals surface area contributed by atoms with Crippen molar-refractivity contribution in [3.8, 4) is 0 Å². The first kappa shape index (κ1) is 19.8. The van der Waals surface area contributed by atoms with E-state index in [1.165, 1.54) is 42.1 Å². The lowest BCUT2D eigenvalue weighted by molar-refractivity contribution is -0.116. The minimum atomic E-state index is -0.354. The number of thioether (sulfide) groups is 1. The topological polar surface area (TPSA) is 59.8 Å². The van der Waals surface area contributed by atoms with E-state index in [2.05, 4.69) is 15.5 Å². The molecular formula is C20H18F2N4OS. The smallest absolute Gasteiger partial charge is 0.244 e. The summed E-state index contributed by atoms with van der Waals surface area (Å²) in [6.07, 6.45) is 2.88. The van der Waals surface area contributed by atoms with Crippen molar-refractivity contribution in [3.05, 3.63) is 83.2 Å². The third kappa shape index (κ3) is 5.50. The van der Waals surface area contributed by atoms with E-state index in [4.69, 9.17) is 0 Å². The molecule has 0 spiro atoms. The molecule has 8 heteroatoms. The van der Waals surface area contributed by atoms with Crippen molar-refractivity contribution < 1.29 is 13.6 Å². The van der Waals surface area contributed by atoms with Crippen LogP contribution in [0.15, 0.2) is 59.8 Å². The van der Waals surface area contributed by atoms with Gasteiger partial charge in [0.15, 0.2) is 11.0 Å². The molecule has 0 aliphatic carbocycles. The third-order valence-electron chi connectivity index (χ3n) is 3.90. The first-order valence-corrected chi connectivity index (χ1v) is 9.47. The number of hydrogen-bond acceptors (Lipinski definition) is 4. The fourth-order valence-electron chi connectivity index (χ4n) is 2.36. The molecule has 3 aromatic rings. The zero-order chi connectivity index (χ0) is 19.9. The van der Waals surface area contributed by atoms with Gasteiger partial charge < -0.3 is 9.88 Å². The number of carbonyl (C=O) groups excluding carboxylic acids is 1. The molecule has 0 bridgehead atoms. The van der Waals surface area contributed by atoms with Crippen molar-refractivity contribution in [1.82, 2.24) is 20.1 Å². The monoisotopic (exact) mass is 400 g/mol. The van der Waals surface area contributed by atoms with Crippen LogP contribution in [0.3, 0.4) is 0 Å². The molecule has 1 amide bonds. The zero-order valence-corrected chi connectivity index (χ0v) is 15.9. The largest absolute Gasteiger partial charge is 0.345 e. The van der Waals surface area contributed by atoms with Gasteiger partial charge in [0.2, 0.25) is 5.91 Å². The maximum atomic E-state index is 13.1. The van der Waals surface area contributed by atoms with Crippen LogP contribution in [-0.4, -0.2) is 20.7 Å². The number of amides is 1. The van der Waals surface area contributed by atoms with E-state index in [1.807, 2.05) is 7.05 Å². The van der Waals surface area contributed by atoms with E-state index in [0.29, 0.717) is 22.3 Å². The van der Waals surface area contributed by atoms with E-state index < -0.39 is 0 Å². The summed E-state index contributed by atoms with van der Waals surface area (Å²) in [5, 5.41) is 11.6. The second kappa shape index (κ2) is 9.27. The fraction of sp³-hybridized carbons (Fsp3) is 0.150. The number of nitrogens with one attached hydrogen (secondary N) is 1. The summed E-state index contributed by atoms with van der Waals surface area (Å²) in [7, 11) is 1.82. The summed E-state index contributed by atoms with van der Waals surface area (Å²) in [6.45, 7) is 0.215.